The average Bonchev–Trinajstić information content (AvgIpc) is 2.85. The van der Waals surface area contributed by atoms with Gasteiger partial charge in [-0.3, -0.25) is 4.79 Å². The van der Waals surface area contributed by atoms with Crippen LogP contribution < -0.4 is 5.32 Å². The Labute approximate surface area is 103 Å². The molecule has 0 bridgehead atoms. The molecule has 1 saturated heterocycles. The van der Waals surface area contributed by atoms with Crippen molar-refractivity contribution in [1.82, 2.24) is 4.90 Å². The summed E-state index contributed by atoms with van der Waals surface area (Å²) < 4.78 is 0. The summed E-state index contributed by atoms with van der Waals surface area (Å²) in [6.07, 6.45) is 2.92. The molecule has 1 aliphatic rings. The zero-order chi connectivity index (χ0) is 12.1. The van der Waals surface area contributed by atoms with E-state index in [0.717, 1.165) is 38.2 Å². The second kappa shape index (κ2) is 5.71. The number of hydrogen-bond donors (Lipinski definition) is 1. The van der Waals surface area contributed by atoms with Gasteiger partial charge in [-0.05, 0) is 31.4 Å². The molecular formula is C14H20N2O. The predicted molar refractivity (Wildman–Crippen MR) is 70.1 cm³/mol. The van der Waals surface area contributed by atoms with Crippen molar-refractivity contribution in [1.29, 1.82) is 0 Å². The number of nitrogens with one attached hydrogen (secondary N) is 1. The van der Waals surface area contributed by atoms with Crippen LogP contribution >= 0.6 is 0 Å². The molecule has 1 aromatic rings. The Morgan fingerprint density at radius 2 is 2.00 bits per heavy atom. The average molecular weight is 232 g/mol. The summed E-state index contributed by atoms with van der Waals surface area (Å²) in [5.74, 6) is 0.281. The van der Waals surface area contributed by atoms with Crippen molar-refractivity contribution in [3.63, 3.8) is 0 Å². The number of amides is 1. The van der Waals surface area contributed by atoms with Gasteiger partial charge in [-0.1, -0.05) is 18.2 Å². The molecule has 0 saturated carbocycles. The van der Waals surface area contributed by atoms with E-state index in [0.29, 0.717) is 6.42 Å². The van der Waals surface area contributed by atoms with E-state index in [1.165, 1.54) is 5.56 Å². The van der Waals surface area contributed by atoms with Gasteiger partial charge < -0.3 is 10.2 Å². The molecule has 0 radical (unpaired) electrons. The molecule has 92 valence electrons. The summed E-state index contributed by atoms with van der Waals surface area (Å²) in [4.78, 5) is 13.8. The van der Waals surface area contributed by atoms with Crippen LogP contribution in [0.1, 0.15) is 24.8 Å². The van der Waals surface area contributed by atoms with Gasteiger partial charge in [0.1, 0.15) is 0 Å². The third kappa shape index (κ3) is 3.22. The van der Waals surface area contributed by atoms with E-state index in [1.54, 1.807) is 0 Å². The summed E-state index contributed by atoms with van der Waals surface area (Å²) >= 11 is 0. The molecule has 3 nitrogen and oxygen atoms in total. The SMILES string of the molecule is Cc1ccccc1NCCC(=O)N1CCCC1. The van der Waals surface area contributed by atoms with Crippen LogP contribution in [0.4, 0.5) is 5.69 Å². The molecular weight excluding hydrogens is 212 g/mol. The maximum absolute atomic E-state index is 11.8. The van der Waals surface area contributed by atoms with Gasteiger partial charge in [0.15, 0.2) is 0 Å². The lowest BCUT2D eigenvalue weighted by Gasteiger charge is -2.15. The first-order chi connectivity index (χ1) is 8.27. The third-order valence-electron chi connectivity index (χ3n) is 3.26. The van der Waals surface area contributed by atoms with Gasteiger partial charge >= 0.3 is 0 Å². The summed E-state index contributed by atoms with van der Waals surface area (Å²) in [7, 11) is 0. The molecule has 1 aliphatic heterocycles. The van der Waals surface area contributed by atoms with Crippen molar-refractivity contribution in [2.24, 2.45) is 0 Å². The number of carbonyl (C=O) groups excluding carboxylic acids is 1. The quantitative estimate of drug-likeness (QED) is 0.864. The van der Waals surface area contributed by atoms with Crippen molar-refractivity contribution in [2.75, 3.05) is 25.0 Å². The van der Waals surface area contributed by atoms with Crippen molar-refractivity contribution in [3.05, 3.63) is 29.8 Å². The Balaban J connectivity index is 1.76. The number of para-hydroxylation sites is 1. The lowest BCUT2D eigenvalue weighted by Crippen LogP contribution is -2.29. The normalized spacial score (nSPS) is 15.0. The molecule has 2 rings (SSSR count). The number of likely N-dealkylation sites (tertiary alicyclic amines) is 1. The van der Waals surface area contributed by atoms with E-state index >= 15 is 0 Å². The number of benzene rings is 1. The van der Waals surface area contributed by atoms with Crippen molar-refractivity contribution in [2.45, 2.75) is 26.2 Å². The first-order valence-corrected chi connectivity index (χ1v) is 6.34. The molecule has 3 heteroatoms. The van der Waals surface area contributed by atoms with Crippen LogP contribution in [0.15, 0.2) is 24.3 Å². The Kier molecular flexibility index (Phi) is 4.02. The highest BCUT2D eigenvalue weighted by atomic mass is 16.2. The lowest BCUT2D eigenvalue weighted by atomic mass is 10.2. The first-order valence-electron chi connectivity index (χ1n) is 6.34. The number of hydrogen-bond acceptors (Lipinski definition) is 2. The molecule has 0 aromatic heterocycles. The highest BCUT2D eigenvalue weighted by molar-refractivity contribution is 5.77. The smallest absolute Gasteiger partial charge is 0.224 e. The number of rotatable bonds is 4. The fourth-order valence-corrected chi connectivity index (χ4v) is 2.20. The summed E-state index contributed by atoms with van der Waals surface area (Å²) in [5, 5.41) is 3.32. The molecule has 0 atom stereocenters. The van der Waals surface area contributed by atoms with Crippen molar-refractivity contribution < 1.29 is 4.79 Å². The number of nitrogens with zero attached hydrogens (tertiary/aromatic N) is 1. The monoisotopic (exact) mass is 232 g/mol. The zero-order valence-corrected chi connectivity index (χ0v) is 10.4. The molecule has 1 heterocycles. The van der Waals surface area contributed by atoms with E-state index in [2.05, 4.69) is 24.4 Å². The maximum atomic E-state index is 11.8. The molecule has 17 heavy (non-hydrogen) atoms. The highest BCUT2D eigenvalue weighted by Gasteiger charge is 2.16. The Morgan fingerprint density at radius 1 is 1.29 bits per heavy atom. The van der Waals surface area contributed by atoms with Gasteiger partial charge in [-0.2, -0.15) is 0 Å². The van der Waals surface area contributed by atoms with Crippen LogP contribution in [0.2, 0.25) is 0 Å². The van der Waals surface area contributed by atoms with Crippen molar-refractivity contribution >= 4 is 11.6 Å². The van der Waals surface area contributed by atoms with E-state index in [9.17, 15) is 4.79 Å². The van der Waals surface area contributed by atoms with E-state index in [4.69, 9.17) is 0 Å². The number of aryl methyl sites for hydroxylation is 1. The van der Waals surface area contributed by atoms with E-state index in [1.807, 2.05) is 17.0 Å². The zero-order valence-electron chi connectivity index (χ0n) is 10.4. The standard InChI is InChI=1S/C14H20N2O/c1-12-6-2-3-7-13(12)15-9-8-14(17)16-10-4-5-11-16/h2-3,6-7,15H,4-5,8-11H2,1H3. The molecule has 1 aromatic carbocycles. The van der Waals surface area contributed by atoms with Gasteiger partial charge in [-0.15, -0.1) is 0 Å². The van der Waals surface area contributed by atoms with Crippen LogP contribution in [-0.2, 0) is 4.79 Å². The van der Waals surface area contributed by atoms with Crippen LogP contribution in [-0.4, -0.2) is 30.4 Å². The minimum atomic E-state index is 0.281. The molecule has 0 spiro atoms. The second-order valence-electron chi connectivity index (χ2n) is 4.58. The fraction of sp³-hybridized carbons (Fsp3) is 0.500. The Hall–Kier alpha value is -1.51. The van der Waals surface area contributed by atoms with Crippen LogP contribution in [0.5, 0.6) is 0 Å². The van der Waals surface area contributed by atoms with Crippen molar-refractivity contribution in [3.8, 4) is 0 Å². The highest BCUT2D eigenvalue weighted by Crippen LogP contribution is 2.13. The van der Waals surface area contributed by atoms with Crippen LogP contribution in [0.25, 0.3) is 0 Å². The van der Waals surface area contributed by atoms with Gasteiger partial charge in [0.25, 0.3) is 0 Å². The first kappa shape index (κ1) is 12.0. The molecule has 1 amide bonds. The summed E-state index contributed by atoms with van der Waals surface area (Å²) in [5.41, 5.74) is 2.35. The minimum Gasteiger partial charge on any atom is -0.384 e. The van der Waals surface area contributed by atoms with Gasteiger partial charge in [0.05, 0.1) is 0 Å². The Morgan fingerprint density at radius 3 is 2.71 bits per heavy atom. The maximum Gasteiger partial charge on any atom is 0.224 e. The van der Waals surface area contributed by atoms with Gasteiger partial charge in [-0.25, -0.2) is 0 Å². The van der Waals surface area contributed by atoms with Crippen LogP contribution in [0.3, 0.4) is 0 Å². The van der Waals surface area contributed by atoms with E-state index < -0.39 is 0 Å². The largest absolute Gasteiger partial charge is 0.384 e. The Bertz CT molecular complexity index is 384. The van der Waals surface area contributed by atoms with Gasteiger partial charge in [0, 0.05) is 31.7 Å². The van der Waals surface area contributed by atoms with Gasteiger partial charge in [0.2, 0.25) is 5.91 Å². The third-order valence-corrected chi connectivity index (χ3v) is 3.26. The molecule has 0 aliphatic carbocycles. The predicted octanol–water partition coefficient (Wildman–Crippen LogP) is 2.42. The van der Waals surface area contributed by atoms with Crippen LogP contribution in [0, 0.1) is 6.92 Å². The molecule has 0 unspecified atom stereocenters. The molecule has 1 N–H and O–H groups in total. The molecule has 1 fully saturated rings. The summed E-state index contributed by atoms with van der Waals surface area (Å²) in [6, 6.07) is 8.16. The number of carbonyl (C=O) groups is 1. The topological polar surface area (TPSA) is 32.3 Å². The summed E-state index contributed by atoms with van der Waals surface area (Å²) in [6.45, 7) is 4.69. The number of anilines is 1. The second-order valence-corrected chi connectivity index (χ2v) is 4.58. The minimum absolute atomic E-state index is 0.281. The van der Waals surface area contributed by atoms with E-state index in [-0.39, 0.29) is 5.91 Å². The fourth-order valence-electron chi connectivity index (χ4n) is 2.20. The lowest BCUT2D eigenvalue weighted by molar-refractivity contribution is -0.129.